The molecule has 130 valence electrons. The van der Waals surface area contributed by atoms with Gasteiger partial charge in [0, 0.05) is 12.2 Å². The van der Waals surface area contributed by atoms with E-state index in [1.807, 2.05) is 56.3 Å². The summed E-state index contributed by atoms with van der Waals surface area (Å²) in [7, 11) is 0. The van der Waals surface area contributed by atoms with Gasteiger partial charge in [-0.25, -0.2) is 0 Å². The Bertz CT molecular complexity index is 818. The molecule has 25 heavy (non-hydrogen) atoms. The van der Waals surface area contributed by atoms with Gasteiger partial charge in [-0.2, -0.15) is 0 Å². The molecule has 0 spiro atoms. The molecule has 1 N–H and O–H groups in total. The van der Waals surface area contributed by atoms with E-state index < -0.39 is 11.5 Å². The third kappa shape index (κ3) is 2.86. The molecule has 0 bridgehead atoms. The first-order valence-electron chi connectivity index (χ1n) is 8.50. The van der Waals surface area contributed by atoms with Crippen LogP contribution in [0.25, 0.3) is 0 Å². The number of likely N-dealkylation sites (N-methyl/N-ethyl adjacent to an activating group) is 1. The average molecular weight is 338 g/mol. The van der Waals surface area contributed by atoms with Crippen LogP contribution in [0.3, 0.4) is 0 Å². The lowest BCUT2D eigenvalue weighted by Crippen LogP contribution is -2.60. The third-order valence-corrected chi connectivity index (χ3v) is 4.52. The van der Waals surface area contributed by atoms with Crippen molar-refractivity contribution in [2.45, 2.75) is 32.8 Å². The molecular weight excluding hydrogens is 316 g/mol. The van der Waals surface area contributed by atoms with Gasteiger partial charge in [-0.1, -0.05) is 37.3 Å². The van der Waals surface area contributed by atoms with E-state index in [1.165, 1.54) is 6.92 Å². The van der Waals surface area contributed by atoms with Crippen LogP contribution in [0.15, 0.2) is 48.5 Å². The van der Waals surface area contributed by atoms with E-state index in [1.54, 1.807) is 11.0 Å². The Morgan fingerprint density at radius 1 is 1.12 bits per heavy atom. The Morgan fingerprint density at radius 3 is 2.52 bits per heavy atom. The highest BCUT2D eigenvalue weighted by Crippen LogP contribution is 2.38. The molecule has 5 heteroatoms. The van der Waals surface area contributed by atoms with Gasteiger partial charge in [0.2, 0.25) is 0 Å². The molecule has 5 nitrogen and oxygen atoms in total. The molecule has 1 heterocycles. The van der Waals surface area contributed by atoms with Crippen molar-refractivity contribution < 1.29 is 14.3 Å². The van der Waals surface area contributed by atoms with E-state index in [0.29, 0.717) is 23.7 Å². The van der Waals surface area contributed by atoms with Crippen molar-refractivity contribution in [1.29, 1.82) is 0 Å². The molecule has 1 atom stereocenters. The maximum Gasteiger partial charge on any atom is 0.280 e. The van der Waals surface area contributed by atoms with Crippen LogP contribution in [0.5, 0.6) is 5.75 Å². The first-order valence-corrected chi connectivity index (χ1v) is 8.50. The number of fused-ring (bicyclic) bond motifs is 1. The minimum Gasteiger partial charge on any atom is -0.465 e. The number of amides is 2. The van der Waals surface area contributed by atoms with E-state index in [-0.39, 0.29) is 5.91 Å². The second-order valence-electron chi connectivity index (χ2n) is 6.12. The number of benzene rings is 2. The maximum atomic E-state index is 13.0. The van der Waals surface area contributed by atoms with Crippen molar-refractivity contribution in [3.63, 3.8) is 0 Å². The molecule has 0 saturated heterocycles. The van der Waals surface area contributed by atoms with Crippen molar-refractivity contribution in [1.82, 2.24) is 0 Å². The Hall–Kier alpha value is -2.82. The second kappa shape index (κ2) is 6.59. The SMILES string of the molecule is CCc1ccccc1NC(=O)C1(C)Oc2ccccc2N(CC)C1=O. The summed E-state index contributed by atoms with van der Waals surface area (Å²) in [6, 6.07) is 14.8. The highest BCUT2D eigenvalue weighted by Gasteiger charge is 2.50. The number of nitrogens with one attached hydrogen (secondary N) is 1. The lowest BCUT2D eigenvalue weighted by molar-refractivity contribution is -0.145. The van der Waals surface area contributed by atoms with Crippen LogP contribution < -0.4 is 15.0 Å². The molecule has 2 aromatic carbocycles. The maximum absolute atomic E-state index is 13.0. The van der Waals surface area contributed by atoms with Gasteiger partial charge in [-0.05, 0) is 44.0 Å². The van der Waals surface area contributed by atoms with Gasteiger partial charge in [0.15, 0.2) is 0 Å². The largest absolute Gasteiger partial charge is 0.465 e. The smallest absolute Gasteiger partial charge is 0.280 e. The zero-order chi connectivity index (χ0) is 18.0. The number of hydrogen-bond acceptors (Lipinski definition) is 3. The zero-order valence-corrected chi connectivity index (χ0v) is 14.7. The molecular formula is C20H22N2O3. The Balaban J connectivity index is 1.95. The summed E-state index contributed by atoms with van der Waals surface area (Å²) < 4.78 is 5.87. The van der Waals surface area contributed by atoms with Gasteiger partial charge in [0.05, 0.1) is 5.69 Å². The topological polar surface area (TPSA) is 58.6 Å². The first-order chi connectivity index (χ1) is 12.0. The molecule has 0 fully saturated rings. The number of hydrogen-bond donors (Lipinski definition) is 1. The summed E-state index contributed by atoms with van der Waals surface area (Å²) in [5.41, 5.74) is 0.796. The molecule has 1 unspecified atom stereocenters. The highest BCUT2D eigenvalue weighted by atomic mass is 16.5. The quantitative estimate of drug-likeness (QED) is 0.869. The summed E-state index contributed by atoms with van der Waals surface area (Å²) in [5, 5.41) is 2.87. The number of carbonyl (C=O) groups is 2. The van der Waals surface area contributed by atoms with Gasteiger partial charge in [-0.15, -0.1) is 0 Å². The highest BCUT2D eigenvalue weighted by molar-refractivity contribution is 6.19. The van der Waals surface area contributed by atoms with Crippen LogP contribution in [-0.2, 0) is 16.0 Å². The van der Waals surface area contributed by atoms with E-state index in [2.05, 4.69) is 5.32 Å². The Morgan fingerprint density at radius 2 is 1.80 bits per heavy atom. The fourth-order valence-corrected chi connectivity index (χ4v) is 3.05. The fraction of sp³-hybridized carbons (Fsp3) is 0.300. The minimum absolute atomic E-state index is 0.361. The van der Waals surface area contributed by atoms with Crippen LogP contribution in [-0.4, -0.2) is 24.0 Å². The standard InChI is InChI=1S/C20H22N2O3/c1-4-14-10-6-7-11-15(14)21-18(23)20(3)19(24)22(5-2)16-12-8-9-13-17(16)25-20/h6-13H,4-5H2,1-3H3,(H,21,23). The van der Waals surface area contributed by atoms with E-state index >= 15 is 0 Å². The van der Waals surface area contributed by atoms with Crippen molar-refractivity contribution in [2.24, 2.45) is 0 Å². The van der Waals surface area contributed by atoms with Crippen molar-refractivity contribution in [2.75, 3.05) is 16.8 Å². The summed E-state index contributed by atoms with van der Waals surface area (Å²) in [5.74, 6) is -0.295. The normalized spacial score (nSPS) is 19.2. The fourth-order valence-electron chi connectivity index (χ4n) is 3.05. The number of carbonyl (C=O) groups excluding carboxylic acids is 2. The predicted molar refractivity (Wildman–Crippen MR) is 98.0 cm³/mol. The molecule has 0 radical (unpaired) electrons. The average Bonchev–Trinajstić information content (AvgIpc) is 2.63. The number of ether oxygens (including phenoxy) is 1. The van der Waals surface area contributed by atoms with Crippen LogP contribution in [0.1, 0.15) is 26.3 Å². The summed E-state index contributed by atoms with van der Waals surface area (Å²) in [6.07, 6.45) is 0.784. The molecule has 2 aromatic rings. The van der Waals surface area contributed by atoms with Crippen molar-refractivity contribution >= 4 is 23.2 Å². The van der Waals surface area contributed by atoms with Gasteiger partial charge < -0.3 is 15.0 Å². The summed E-state index contributed by atoms with van der Waals surface area (Å²) >= 11 is 0. The van der Waals surface area contributed by atoms with E-state index in [4.69, 9.17) is 4.74 Å². The van der Waals surface area contributed by atoms with Gasteiger partial charge >= 0.3 is 0 Å². The molecule has 1 aliphatic heterocycles. The Labute approximate surface area is 147 Å². The molecule has 2 amide bonds. The van der Waals surface area contributed by atoms with Crippen molar-refractivity contribution in [3.8, 4) is 5.75 Å². The third-order valence-electron chi connectivity index (χ3n) is 4.52. The van der Waals surface area contributed by atoms with E-state index in [9.17, 15) is 9.59 Å². The lowest BCUT2D eigenvalue weighted by atomic mass is 9.99. The molecule has 0 saturated carbocycles. The molecule has 1 aliphatic rings. The summed E-state index contributed by atoms with van der Waals surface area (Å²) in [6.45, 7) is 5.89. The first kappa shape index (κ1) is 17.0. The number of rotatable bonds is 4. The van der Waals surface area contributed by atoms with Crippen LogP contribution in [0.4, 0.5) is 11.4 Å². The number of para-hydroxylation sites is 3. The minimum atomic E-state index is -1.61. The van der Waals surface area contributed by atoms with Gasteiger partial charge in [0.1, 0.15) is 5.75 Å². The molecule has 3 rings (SSSR count). The predicted octanol–water partition coefficient (Wildman–Crippen LogP) is 3.39. The number of aryl methyl sites for hydroxylation is 1. The summed E-state index contributed by atoms with van der Waals surface area (Å²) in [4.78, 5) is 27.5. The van der Waals surface area contributed by atoms with Gasteiger partial charge in [0.25, 0.3) is 17.4 Å². The zero-order valence-electron chi connectivity index (χ0n) is 14.7. The van der Waals surface area contributed by atoms with Gasteiger partial charge in [-0.3, -0.25) is 9.59 Å². The van der Waals surface area contributed by atoms with E-state index in [0.717, 1.165) is 12.0 Å². The second-order valence-corrected chi connectivity index (χ2v) is 6.12. The monoisotopic (exact) mass is 338 g/mol. The Kier molecular flexibility index (Phi) is 4.49. The molecule has 0 aliphatic carbocycles. The number of nitrogens with zero attached hydrogens (tertiary/aromatic N) is 1. The molecule has 0 aromatic heterocycles. The van der Waals surface area contributed by atoms with Crippen LogP contribution in [0.2, 0.25) is 0 Å². The van der Waals surface area contributed by atoms with Crippen molar-refractivity contribution in [3.05, 3.63) is 54.1 Å². The number of anilines is 2. The lowest BCUT2D eigenvalue weighted by Gasteiger charge is -2.39. The van der Waals surface area contributed by atoms with Crippen LogP contribution >= 0.6 is 0 Å². The van der Waals surface area contributed by atoms with Crippen LogP contribution in [0, 0.1) is 0 Å².